The summed E-state index contributed by atoms with van der Waals surface area (Å²) in [7, 11) is 5.25. The summed E-state index contributed by atoms with van der Waals surface area (Å²) in [4.78, 5) is 16.6. The van der Waals surface area contributed by atoms with Crippen LogP contribution >= 0.6 is 12.2 Å². The van der Waals surface area contributed by atoms with Crippen LogP contribution in [0.1, 0.15) is 11.1 Å². The number of hydrogen-bond donors (Lipinski definition) is 2. The number of hydrogen-bond acceptors (Lipinski definition) is 5. The molecule has 0 aliphatic carbocycles. The maximum atomic E-state index is 11.1. The van der Waals surface area contributed by atoms with Gasteiger partial charge in [-0.15, -0.1) is 0 Å². The molecule has 0 aliphatic heterocycles. The zero-order chi connectivity index (χ0) is 16.0. The van der Waals surface area contributed by atoms with E-state index in [2.05, 4.69) is 10.3 Å². The predicted molar refractivity (Wildman–Crippen MR) is 88.2 cm³/mol. The van der Waals surface area contributed by atoms with Crippen molar-refractivity contribution in [3.63, 3.8) is 0 Å². The van der Waals surface area contributed by atoms with Crippen molar-refractivity contribution in [3.8, 4) is 0 Å². The quantitative estimate of drug-likeness (QED) is 0.217. The van der Waals surface area contributed by atoms with Gasteiger partial charge in [-0.25, -0.2) is 4.99 Å². The minimum Gasteiger partial charge on any atom is -0.516 e. The van der Waals surface area contributed by atoms with E-state index in [0.29, 0.717) is 11.3 Å². The van der Waals surface area contributed by atoms with Crippen molar-refractivity contribution in [1.82, 2.24) is 4.90 Å². The Labute approximate surface area is 127 Å². The number of anilines is 1. The number of nitro groups is 1. The van der Waals surface area contributed by atoms with Crippen LogP contribution in [0.15, 0.2) is 23.4 Å². The third-order valence-corrected chi connectivity index (χ3v) is 2.86. The van der Waals surface area contributed by atoms with E-state index in [-0.39, 0.29) is 16.2 Å². The molecule has 7 nitrogen and oxygen atoms in total. The van der Waals surface area contributed by atoms with Crippen molar-refractivity contribution in [2.45, 2.75) is 0 Å². The van der Waals surface area contributed by atoms with Gasteiger partial charge < -0.3 is 15.3 Å². The molecule has 0 amide bonds. The molecule has 0 spiro atoms. The highest BCUT2D eigenvalue weighted by Crippen LogP contribution is 2.31. The third-order valence-electron chi connectivity index (χ3n) is 2.55. The number of aliphatic hydroxyl groups is 1. The number of nitrogens with zero attached hydrogens (tertiary/aromatic N) is 3. The second-order valence-electron chi connectivity index (χ2n) is 4.26. The first kappa shape index (κ1) is 16.6. The minimum atomic E-state index is -0.531. The number of aliphatic hydroxyl groups excluding tert-OH is 1. The molecule has 0 bridgehead atoms. The number of aliphatic imine (C=N–C) groups is 1. The number of benzene rings is 1. The third kappa shape index (κ3) is 3.99. The van der Waals surface area contributed by atoms with Gasteiger partial charge in [0.25, 0.3) is 5.69 Å². The molecule has 0 saturated carbocycles. The van der Waals surface area contributed by atoms with Crippen LogP contribution in [0.3, 0.4) is 0 Å². The lowest BCUT2D eigenvalue weighted by molar-refractivity contribution is -0.385. The van der Waals surface area contributed by atoms with E-state index in [0.717, 1.165) is 6.26 Å². The molecule has 0 heterocycles. The molecule has 0 atom stereocenters. The largest absolute Gasteiger partial charge is 0.516 e. The molecule has 0 fully saturated rings. The Kier molecular flexibility index (Phi) is 5.79. The Bertz CT molecular complexity index is 612. The molecule has 0 unspecified atom stereocenters. The zero-order valence-corrected chi connectivity index (χ0v) is 12.7. The maximum absolute atomic E-state index is 11.1. The lowest BCUT2D eigenvalue weighted by Gasteiger charge is -2.12. The first-order valence-corrected chi connectivity index (χ1v) is 6.38. The normalized spacial score (nSPS) is 11.0. The van der Waals surface area contributed by atoms with Crippen LogP contribution in [0.4, 0.5) is 11.4 Å². The molecule has 8 heteroatoms. The van der Waals surface area contributed by atoms with Crippen molar-refractivity contribution in [2.75, 3.05) is 26.5 Å². The van der Waals surface area contributed by atoms with Crippen LogP contribution in [0.5, 0.6) is 0 Å². The van der Waals surface area contributed by atoms with Crippen LogP contribution in [0.25, 0.3) is 6.08 Å². The molecule has 0 saturated heterocycles. The Morgan fingerprint density at radius 1 is 1.52 bits per heavy atom. The standard InChI is InChI=1S/C13H16N4O3S/c1-14-10-4-5-11(17(19)20)9(6-7-18)12(10)13(21)15-8-16(2)3/h4-8,14,18H,1-3H3. The van der Waals surface area contributed by atoms with Gasteiger partial charge in [0.1, 0.15) is 4.99 Å². The van der Waals surface area contributed by atoms with Crippen LogP contribution in [0, 0.1) is 10.1 Å². The van der Waals surface area contributed by atoms with Crippen molar-refractivity contribution in [2.24, 2.45) is 4.99 Å². The topological polar surface area (TPSA) is 91.0 Å². The van der Waals surface area contributed by atoms with E-state index >= 15 is 0 Å². The van der Waals surface area contributed by atoms with Gasteiger partial charge in [0, 0.05) is 38.5 Å². The molecule has 0 aliphatic rings. The van der Waals surface area contributed by atoms with Gasteiger partial charge in [-0.2, -0.15) is 0 Å². The van der Waals surface area contributed by atoms with Gasteiger partial charge in [0.05, 0.1) is 23.1 Å². The van der Waals surface area contributed by atoms with Gasteiger partial charge in [-0.05, 0) is 12.1 Å². The average Bonchev–Trinajstić information content (AvgIpc) is 2.44. The van der Waals surface area contributed by atoms with Crippen molar-refractivity contribution < 1.29 is 10.0 Å². The van der Waals surface area contributed by atoms with Crippen molar-refractivity contribution in [3.05, 3.63) is 39.6 Å². The first-order chi connectivity index (χ1) is 9.92. The average molecular weight is 308 g/mol. The van der Waals surface area contributed by atoms with Gasteiger partial charge in [-0.1, -0.05) is 12.2 Å². The molecule has 0 aromatic heterocycles. The van der Waals surface area contributed by atoms with Gasteiger partial charge in [-0.3, -0.25) is 10.1 Å². The van der Waals surface area contributed by atoms with E-state index in [1.165, 1.54) is 18.5 Å². The van der Waals surface area contributed by atoms with Gasteiger partial charge in [0.15, 0.2) is 0 Å². The summed E-state index contributed by atoms with van der Waals surface area (Å²) >= 11 is 5.24. The van der Waals surface area contributed by atoms with E-state index in [9.17, 15) is 10.1 Å². The summed E-state index contributed by atoms with van der Waals surface area (Å²) < 4.78 is 0. The predicted octanol–water partition coefficient (Wildman–Crippen LogP) is 2.43. The highest BCUT2D eigenvalue weighted by molar-refractivity contribution is 7.80. The number of rotatable bonds is 5. The molecule has 1 rings (SSSR count). The fraction of sp³-hybridized carbons (Fsp3) is 0.231. The summed E-state index contributed by atoms with van der Waals surface area (Å²) in [6.07, 6.45) is 3.47. The van der Waals surface area contributed by atoms with E-state index < -0.39 is 4.92 Å². The van der Waals surface area contributed by atoms with Crippen molar-refractivity contribution >= 4 is 41.0 Å². The first-order valence-electron chi connectivity index (χ1n) is 5.97. The summed E-state index contributed by atoms with van der Waals surface area (Å²) in [5.41, 5.74) is 1.03. The van der Waals surface area contributed by atoms with Crippen molar-refractivity contribution in [1.29, 1.82) is 0 Å². The van der Waals surface area contributed by atoms with E-state index in [4.69, 9.17) is 17.3 Å². The lowest BCUT2D eigenvalue weighted by atomic mass is 10.0. The molecular weight excluding hydrogens is 292 g/mol. The summed E-state index contributed by atoms with van der Waals surface area (Å²) in [6, 6.07) is 2.91. The summed E-state index contributed by atoms with van der Waals surface area (Å²) in [5, 5.41) is 23.0. The molecular formula is C13H16N4O3S. The van der Waals surface area contributed by atoms with Crippen LogP contribution < -0.4 is 5.32 Å². The van der Waals surface area contributed by atoms with E-state index in [1.54, 1.807) is 32.1 Å². The van der Waals surface area contributed by atoms with Crippen LogP contribution in [-0.4, -0.2) is 47.4 Å². The molecule has 112 valence electrons. The fourth-order valence-corrected chi connectivity index (χ4v) is 1.95. The maximum Gasteiger partial charge on any atom is 0.277 e. The zero-order valence-electron chi connectivity index (χ0n) is 11.9. The second-order valence-corrected chi connectivity index (χ2v) is 4.64. The highest BCUT2D eigenvalue weighted by Gasteiger charge is 2.21. The molecule has 2 N–H and O–H groups in total. The van der Waals surface area contributed by atoms with Gasteiger partial charge >= 0.3 is 0 Å². The Morgan fingerprint density at radius 2 is 2.19 bits per heavy atom. The van der Waals surface area contributed by atoms with E-state index in [1.807, 2.05) is 0 Å². The molecule has 0 radical (unpaired) electrons. The minimum absolute atomic E-state index is 0.156. The Morgan fingerprint density at radius 3 is 2.67 bits per heavy atom. The van der Waals surface area contributed by atoms with Crippen LogP contribution in [-0.2, 0) is 0 Å². The highest BCUT2D eigenvalue weighted by atomic mass is 32.1. The Balaban J connectivity index is 3.54. The summed E-state index contributed by atoms with van der Waals surface area (Å²) in [5.74, 6) is 0. The van der Waals surface area contributed by atoms with Crippen LogP contribution in [0.2, 0.25) is 0 Å². The second kappa shape index (κ2) is 7.34. The number of thiocarbonyl (C=S) groups is 1. The molecule has 1 aromatic rings. The SMILES string of the molecule is CNc1ccc([N+](=O)[O-])c(C=CO)c1C(=S)N=CN(C)C. The fourth-order valence-electron chi connectivity index (χ4n) is 1.68. The number of nitro benzene ring substituents is 1. The lowest BCUT2D eigenvalue weighted by Crippen LogP contribution is -2.11. The smallest absolute Gasteiger partial charge is 0.277 e. The monoisotopic (exact) mass is 308 g/mol. The Hall–Kier alpha value is -2.48. The van der Waals surface area contributed by atoms with Gasteiger partial charge in [0.2, 0.25) is 0 Å². The number of nitrogens with one attached hydrogen (secondary N) is 1. The molecule has 1 aromatic carbocycles. The molecule has 21 heavy (non-hydrogen) atoms. The summed E-state index contributed by atoms with van der Waals surface area (Å²) in [6.45, 7) is 0.